The van der Waals surface area contributed by atoms with Crippen molar-refractivity contribution in [3.8, 4) is 0 Å². The Balaban J connectivity index is 2.07. The lowest BCUT2D eigenvalue weighted by Crippen LogP contribution is -2.09. The van der Waals surface area contributed by atoms with Gasteiger partial charge in [0.05, 0.1) is 11.6 Å². The number of rotatable bonds is 2. The van der Waals surface area contributed by atoms with Crippen LogP contribution < -0.4 is 0 Å². The lowest BCUT2D eigenvalue weighted by Gasteiger charge is -2.12. The first-order valence-corrected chi connectivity index (χ1v) is 7.17. The van der Waals surface area contributed by atoms with E-state index in [-0.39, 0.29) is 0 Å². The van der Waals surface area contributed by atoms with Gasteiger partial charge < -0.3 is 9.72 Å². The van der Waals surface area contributed by atoms with Crippen molar-refractivity contribution in [2.45, 2.75) is 31.4 Å². The minimum absolute atomic E-state index is 0.345. The van der Waals surface area contributed by atoms with E-state index >= 15 is 0 Å². The van der Waals surface area contributed by atoms with Crippen LogP contribution in [0.1, 0.15) is 25.3 Å². The molecule has 3 rings (SSSR count). The second kappa shape index (κ2) is 4.75. The Morgan fingerprint density at radius 1 is 1.56 bits per heavy atom. The Labute approximate surface area is 118 Å². The lowest BCUT2D eigenvalue weighted by molar-refractivity contribution is 0.106. The summed E-state index contributed by atoms with van der Waals surface area (Å²) in [7, 11) is 1.77. The summed E-state index contributed by atoms with van der Waals surface area (Å²) >= 11 is 8.84. The number of aromatic nitrogens is 3. The molecule has 1 fully saturated rings. The van der Waals surface area contributed by atoms with Crippen molar-refractivity contribution in [2.75, 3.05) is 7.11 Å². The zero-order valence-corrected chi connectivity index (χ0v) is 12.4. The van der Waals surface area contributed by atoms with Crippen LogP contribution in [0.5, 0.6) is 0 Å². The van der Waals surface area contributed by atoms with Crippen LogP contribution in [0.25, 0.3) is 11.2 Å². The maximum Gasteiger partial charge on any atom is 0.179 e. The molecule has 1 N–H and O–H groups in total. The molecule has 2 atom stereocenters. The highest BCUT2D eigenvalue weighted by Crippen LogP contribution is 2.34. The first-order valence-electron chi connectivity index (χ1n) is 5.97. The first kappa shape index (κ1) is 12.3. The van der Waals surface area contributed by atoms with Crippen molar-refractivity contribution in [1.29, 1.82) is 0 Å². The zero-order chi connectivity index (χ0) is 12.7. The molecule has 96 valence electrons. The number of hydrogen-bond acceptors (Lipinski definition) is 3. The molecular formula is C12H14BrN3OS. The van der Waals surface area contributed by atoms with Crippen LogP contribution in [0.3, 0.4) is 0 Å². The molecule has 2 unspecified atom stereocenters. The standard InChI is InChI=1S/C12H14BrN3OS/c1-17-9-3-2-8(5-9)16-11-10(15-12(16)18)4-7(13)6-14-11/h4,6,8-9H,2-3,5H2,1H3,(H,15,18). The topological polar surface area (TPSA) is 42.8 Å². The van der Waals surface area contributed by atoms with Gasteiger partial charge in [-0.1, -0.05) is 0 Å². The monoisotopic (exact) mass is 327 g/mol. The van der Waals surface area contributed by atoms with Crippen molar-refractivity contribution in [1.82, 2.24) is 14.5 Å². The number of H-pyrrole nitrogens is 1. The molecule has 0 saturated heterocycles. The number of nitrogens with one attached hydrogen (secondary N) is 1. The summed E-state index contributed by atoms with van der Waals surface area (Å²) < 4.78 is 9.27. The highest BCUT2D eigenvalue weighted by atomic mass is 79.9. The van der Waals surface area contributed by atoms with Gasteiger partial charge in [-0.05, 0) is 53.5 Å². The number of fused-ring (bicyclic) bond motifs is 1. The average molecular weight is 328 g/mol. The van der Waals surface area contributed by atoms with Crippen LogP contribution >= 0.6 is 28.1 Å². The number of ether oxygens (including phenoxy) is 1. The molecule has 0 aromatic carbocycles. The maximum atomic E-state index is 5.43. The third kappa shape index (κ3) is 2.02. The van der Waals surface area contributed by atoms with Crippen molar-refractivity contribution < 1.29 is 4.74 Å². The predicted octanol–water partition coefficient (Wildman–Crippen LogP) is 3.60. The van der Waals surface area contributed by atoms with Gasteiger partial charge in [-0.15, -0.1) is 0 Å². The van der Waals surface area contributed by atoms with E-state index in [9.17, 15) is 0 Å². The van der Waals surface area contributed by atoms with Crippen LogP contribution in [-0.2, 0) is 4.74 Å². The van der Waals surface area contributed by atoms with E-state index in [4.69, 9.17) is 17.0 Å². The zero-order valence-electron chi connectivity index (χ0n) is 10.0. The van der Waals surface area contributed by atoms with Gasteiger partial charge in [-0.3, -0.25) is 4.57 Å². The summed E-state index contributed by atoms with van der Waals surface area (Å²) in [6, 6.07) is 2.40. The Hall–Kier alpha value is -0.720. The fourth-order valence-electron chi connectivity index (χ4n) is 2.69. The molecule has 1 aliphatic carbocycles. The Kier molecular flexibility index (Phi) is 3.25. The maximum absolute atomic E-state index is 5.43. The minimum atomic E-state index is 0.345. The number of aromatic amines is 1. The van der Waals surface area contributed by atoms with Crippen molar-refractivity contribution in [3.05, 3.63) is 21.5 Å². The van der Waals surface area contributed by atoms with Crippen LogP contribution in [0.2, 0.25) is 0 Å². The molecule has 4 nitrogen and oxygen atoms in total. The molecule has 0 amide bonds. The normalized spacial score (nSPS) is 23.9. The second-order valence-corrected chi connectivity index (χ2v) is 5.95. The Bertz CT molecular complexity index is 636. The molecule has 0 radical (unpaired) electrons. The highest BCUT2D eigenvalue weighted by Gasteiger charge is 2.27. The molecule has 1 saturated carbocycles. The Morgan fingerprint density at radius 3 is 3.11 bits per heavy atom. The lowest BCUT2D eigenvalue weighted by atomic mass is 10.2. The van der Waals surface area contributed by atoms with Gasteiger partial charge in [0.25, 0.3) is 0 Å². The van der Waals surface area contributed by atoms with Gasteiger partial charge in [0.1, 0.15) is 0 Å². The van der Waals surface area contributed by atoms with Crippen LogP contribution in [0.4, 0.5) is 0 Å². The first-order chi connectivity index (χ1) is 8.69. The number of pyridine rings is 1. The summed E-state index contributed by atoms with van der Waals surface area (Å²) in [5, 5.41) is 0. The van der Waals surface area contributed by atoms with E-state index in [1.165, 1.54) is 0 Å². The SMILES string of the molecule is COC1CCC(n2c(=S)[nH]c3cc(Br)cnc32)C1. The Morgan fingerprint density at radius 2 is 2.39 bits per heavy atom. The van der Waals surface area contributed by atoms with Crippen molar-refractivity contribution in [3.63, 3.8) is 0 Å². The van der Waals surface area contributed by atoms with E-state index in [1.54, 1.807) is 7.11 Å². The number of hydrogen-bond donors (Lipinski definition) is 1. The molecule has 6 heteroatoms. The van der Waals surface area contributed by atoms with Crippen LogP contribution in [0, 0.1) is 4.77 Å². The largest absolute Gasteiger partial charge is 0.381 e. The van der Waals surface area contributed by atoms with E-state index in [0.29, 0.717) is 12.1 Å². The number of nitrogens with zero attached hydrogens (tertiary/aromatic N) is 2. The molecule has 18 heavy (non-hydrogen) atoms. The summed E-state index contributed by atoms with van der Waals surface area (Å²) in [4.78, 5) is 7.70. The molecule has 0 spiro atoms. The number of halogens is 1. The molecule has 0 bridgehead atoms. The van der Waals surface area contributed by atoms with E-state index in [2.05, 4.69) is 30.5 Å². The number of imidazole rings is 1. The van der Waals surface area contributed by atoms with Gasteiger partial charge >= 0.3 is 0 Å². The fraction of sp³-hybridized carbons (Fsp3) is 0.500. The average Bonchev–Trinajstić information content (AvgIpc) is 2.91. The predicted molar refractivity (Wildman–Crippen MR) is 76.3 cm³/mol. The van der Waals surface area contributed by atoms with Crippen LogP contribution in [-0.4, -0.2) is 27.7 Å². The summed E-state index contributed by atoms with van der Waals surface area (Å²) in [6.07, 6.45) is 5.35. The third-order valence-corrected chi connectivity index (χ3v) is 4.31. The molecule has 2 aromatic heterocycles. The van der Waals surface area contributed by atoms with Gasteiger partial charge in [0.2, 0.25) is 0 Å². The second-order valence-electron chi connectivity index (χ2n) is 4.65. The van der Waals surface area contributed by atoms with Crippen LogP contribution in [0.15, 0.2) is 16.7 Å². The van der Waals surface area contributed by atoms with Crippen molar-refractivity contribution in [2.24, 2.45) is 0 Å². The summed E-state index contributed by atoms with van der Waals surface area (Å²) in [5.41, 5.74) is 1.92. The van der Waals surface area contributed by atoms with E-state index in [1.807, 2.05) is 12.3 Å². The van der Waals surface area contributed by atoms with Crippen molar-refractivity contribution >= 4 is 39.3 Å². The quantitative estimate of drug-likeness (QED) is 0.857. The van der Waals surface area contributed by atoms with Gasteiger partial charge in [0, 0.05) is 23.8 Å². The minimum Gasteiger partial charge on any atom is -0.381 e. The third-order valence-electron chi connectivity index (χ3n) is 3.58. The molecular weight excluding hydrogens is 314 g/mol. The molecule has 0 aliphatic heterocycles. The number of methoxy groups -OCH3 is 1. The summed E-state index contributed by atoms with van der Waals surface area (Å²) in [6.45, 7) is 0. The molecule has 1 aliphatic rings. The smallest absolute Gasteiger partial charge is 0.179 e. The summed E-state index contributed by atoms with van der Waals surface area (Å²) in [5.74, 6) is 0. The van der Waals surface area contributed by atoms with E-state index in [0.717, 1.165) is 39.7 Å². The highest BCUT2D eigenvalue weighted by molar-refractivity contribution is 9.10. The van der Waals surface area contributed by atoms with Gasteiger partial charge in [0.15, 0.2) is 10.4 Å². The fourth-order valence-corrected chi connectivity index (χ4v) is 3.37. The molecule has 2 heterocycles. The van der Waals surface area contributed by atoms with E-state index < -0.39 is 0 Å². The van der Waals surface area contributed by atoms with Gasteiger partial charge in [-0.2, -0.15) is 0 Å². The van der Waals surface area contributed by atoms with Gasteiger partial charge in [-0.25, -0.2) is 4.98 Å². The molecule has 2 aromatic rings.